The predicted molar refractivity (Wildman–Crippen MR) is 78.6 cm³/mol. The SMILES string of the molecule is N#Cc1ccc(C(=O)CCS(=O)(=O)c2ccccc2)cc1. The molecule has 0 atom stereocenters. The Morgan fingerprint density at radius 3 is 2.19 bits per heavy atom. The van der Waals surface area contributed by atoms with Gasteiger partial charge >= 0.3 is 0 Å². The minimum atomic E-state index is -3.45. The van der Waals surface area contributed by atoms with Crippen molar-refractivity contribution in [1.29, 1.82) is 5.26 Å². The fraction of sp³-hybridized carbons (Fsp3) is 0.125. The van der Waals surface area contributed by atoms with Crippen molar-refractivity contribution in [2.75, 3.05) is 5.75 Å². The lowest BCUT2D eigenvalue weighted by molar-refractivity contribution is 0.0989. The molecule has 0 aromatic heterocycles. The van der Waals surface area contributed by atoms with Gasteiger partial charge in [-0.1, -0.05) is 30.3 Å². The Morgan fingerprint density at radius 2 is 1.62 bits per heavy atom. The van der Waals surface area contributed by atoms with Crippen LogP contribution in [-0.2, 0) is 9.84 Å². The van der Waals surface area contributed by atoms with E-state index in [9.17, 15) is 13.2 Å². The van der Waals surface area contributed by atoms with E-state index in [1.165, 1.54) is 24.3 Å². The topological polar surface area (TPSA) is 75.0 Å². The van der Waals surface area contributed by atoms with Crippen molar-refractivity contribution in [3.63, 3.8) is 0 Å². The van der Waals surface area contributed by atoms with Gasteiger partial charge in [-0.25, -0.2) is 8.42 Å². The monoisotopic (exact) mass is 299 g/mol. The highest BCUT2D eigenvalue weighted by Crippen LogP contribution is 2.13. The van der Waals surface area contributed by atoms with Gasteiger partial charge < -0.3 is 0 Å². The first-order chi connectivity index (χ1) is 10.0. The molecule has 0 spiro atoms. The molecule has 0 N–H and O–H groups in total. The number of sulfone groups is 1. The molecular weight excluding hydrogens is 286 g/mol. The van der Waals surface area contributed by atoms with Crippen LogP contribution in [0.5, 0.6) is 0 Å². The molecule has 2 aromatic carbocycles. The van der Waals surface area contributed by atoms with Crippen LogP contribution in [0.1, 0.15) is 22.3 Å². The normalized spacial score (nSPS) is 10.8. The Bertz CT molecular complexity index is 773. The van der Waals surface area contributed by atoms with Crippen molar-refractivity contribution in [2.24, 2.45) is 0 Å². The first kappa shape index (κ1) is 14.9. The average molecular weight is 299 g/mol. The van der Waals surface area contributed by atoms with Gasteiger partial charge in [-0.3, -0.25) is 4.79 Å². The van der Waals surface area contributed by atoms with Crippen molar-refractivity contribution >= 4 is 15.6 Å². The van der Waals surface area contributed by atoms with Gasteiger partial charge in [0.05, 0.1) is 22.3 Å². The third-order valence-corrected chi connectivity index (χ3v) is 4.77. The summed E-state index contributed by atoms with van der Waals surface area (Å²) in [6.45, 7) is 0. The maximum atomic E-state index is 12.1. The van der Waals surface area contributed by atoms with Crippen molar-refractivity contribution in [1.82, 2.24) is 0 Å². The van der Waals surface area contributed by atoms with Crippen molar-refractivity contribution < 1.29 is 13.2 Å². The van der Waals surface area contributed by atoms with Gasteiger partial charge in [-0.15, -0.1) is 0 Å². The molecule has 0 fully saturated rings. The molecule has 4 nitrogen and oxygen atoms in total. The second-order valence-electron chi connectivity index (χ2n) is 4.49. The molecular formula is C16H13NO3S. The van der Waals surface area contributed by atoms with E-state index >= 15 is 0 Å². The highest BCUT2D eigenvalue weighted by molar-refractivity contribution is 7.91. The van der Waals surface area contributed by atoms with Crippen LogP contribution in [0.2, 0.25) is 0 Å². The number of ketones is 1. The molecule has 0 saturated heterocycles. The Kier molecular flexibility index (Phi) is 4.51. The van der Waals surface area contributed by atoms with Crippen molar-refractivity contribution in [3.8, 4) is 6.07 Å². The molecule has 5 heteroatoms. The predicted octanol–water partition coefficient (Wildman–Crippen LogP) is 2.60. The summed E-state index contributed by atoms with van der Waals surface area (Å²) in [5.74, 6) is -0.477. The van der Waals surface area contributed by atoms with E-state index in [0.29, 0.717) is 11.1 Å². The third-order valence-electron chi connectivity index (χ3n) is 3.04. The minimum absolute atomic E-state index is 0.0802. The molecule has 2 rings (SSSR count). The van der Waals surface area contributed by atoms with Gasteiger partial charge in [0.15, 0.2) is 15.6 Å². The first-order valence-electron chi connectivity index (χ1n) is 6.34. The standard InChI is InChI=1S/C16H13NO3S/c17-12-13-6-8-14(9-7-13)16(18)10-11-21(19,20)15-4-2-1-3-5-15/h1-9H,10-11H2. The summed E-state index contributed by atoms with van der Waals surface area (Å²) >= 11 is 0. The van der Waals surface area contributed by atoms with Crippen LogP contribution in [0.25, 0.3) is 0 Å². The Balaban J connectivity index is 2.05. The van der Waals surface area contributed by atoms with Crippen LogP contribution < -0.4 is 0 Å². The average Bonchev–Trinajstić information content (AvgIpc) is 2.53. The van der Waals surface area contributed by atoms with Gasteiger partial charge in [0.2, 0.25) is 0 Å². The van der Waals surface area contributed by atoms with Crippen LogP contribution in [-0.4, -0.2) is 20.0 Å². The molecule has 0 aliphatic carbocycles. The number of hydrogen-bond donors (Lipinski definition) is 0. The van der Waals surface area contributed by atoms with Gasteiger partial charge in [-0.2, -0.15) is 5.26 Å². The summed E-state index contributed by atoms with van der Waals surface area (Å²) < 4.78 is 24.1. The fourth-order valence-corrected chi connectivity index (χ4v) is 3.11. The zero-order valence-electron chi connectivity index (χ0n) is 11.2. The lowest BCUT2D eigenvalue weighted by atomic mass is 10.1. The molecule has 0 amide bonds. The first-order valence-corrected chi connectivity index (χ1v) is 7.99. The number of Topliss-reactive ketones (excluding diaryl/α,β-unsaturated/α-hetero) is 1. The highest BCUT2D eigenvalue weighted by atomic mass is 32.2. The minimum Gasteiger partial charge on any atom is -0.294 e. The molecule has 0 heterocycles. The third kappa shape index (κ3) is 3.77. The van der Waals surface area contributed by atoms with Crippen molar-refractivity contribution in [3.05, 3.63) is 65.7 Å². The molecule has 0 unspecified atom stereocenters. The van der Waals surface area contributed by atoms with Gasteiger partial charge in [0, 0.05) is 12.0 Å². The molecule has 0 aliphatic heterocycles. The molecule has 2 aromatic rings. The summed E-state index contributed by atoms with van der Waals surface area (Å²) in [5.41, 5.74) is 0.876. The molecule has 0 bridgehead atoms. The number of carbonyl (C=O) groups excluding carboxylic acids is 1. The van der Waals surface area contributed by atoms with E-state index in [0.717, 1.165) is 0 Å². The van der Waals surface area contributed by atoms with E-state index < -0.39 is 9.84 Å². The lowest BCUT2D eigenvalue weighted by Crippen LogP contribution is -2.11. The fourth-order valence-electron chi connectivity index (χ4n) is 1.85. The second kappa shape index (κ2) is 6.33. The smallest absolute Gasteiger partial charge is 0.178 e. The Hall–Kier alpha value is -2.45. The summed E-state index contributed by atoms with van der Waals surface area (Å²) in [4.78, 5) is 12.2. The number of rotatable bonds is 5. The summed E-state index contributed by atoms with van der Waals surface area (Å²) in [5, 5.41) is 8.69. The maximum absolute atomic E-state index is 12.1. The number of hydrogen-bond acceptors (Lipinski definition) is 4. The second-order valence-corrected chi connectivity index (χ2v) is 6.60. The van der Waals surface area contributed by atoms with E-state index in [1.54, 1.807) is 30.3 Å². The zero-order valence-corrected chi connectivity index (χ0v) is 12.0. The number of nitriles is 1. The van der Waals surface area contributed by atoms with E-state index in [-0.39, 0.29) is 22.9 Å². The van der Waals surface area contributed by atoms with Crippen molar-refractivity contribution in [2.45, 2.75) is 11.3 Å². The van der Waals surface area contributed by atoms with Crippen LogP contribution in [0.15, 0.2) is 59.5 Å². The number of benzene rings is 2. The van der Waals surface area contributed by atoms with Crippen LogP contribution in [0, 0.1) is 11.3 Å². The maximum Gasteiger partial charge on any atom is 0.178 e. The van der Waals surface area contributed by atoms with Gasteiger partial charge in [0.25, 0.3) is 0 Å². The van der Waals surface area contributed by atoms with E-state index in [1.807, 2.05) is 6.07 Å². The zero-order chi connectivity index (χ0) is 15.3. The summed E-state index contributed by atoms with van der Waals surface area (Å²) in [6.07, 6.45) is -0.0802. The number of carbonyl (C=O) groups is 1. The van der Waals surface area contributed by atoms with Gasteiger partial charge in [0.1, 0.15) is 0 Å². The summed E-state index contributed by atoms with van der Waals surface area (Å²) in [7, 11) is -3.45. The largest absolute Gasteiger partial charge is 0.294 e. The quantitative estimate of drug-likeness (QED) is 0.795. The molecule has 0 radical (unpaired) electrons. The molecule has 0 aliphatic rings. The molecule has 106 valence electrons. The van der Waals surface area contributed by atoms with Crippen LogP contribution >= 0.6 is 0 Å². The highest BCUT2D eigenvalue weighted by Gasteiger charge is 2.16. The van der Waals surface area contributed by atoms with Gasteiger partial charge in [-0.05, 0) is 24.3 Å². The molecule has 0 saturated carbocycles. The Labute approximate surface area is 123 Å². The van der Waals surface area contributed by atoms with Crippen LogP contribution in [0.3, 0.4) is 0 Å². The van der Waals surface area contributed by atoms with Crippen LogP contribution in [0.4, 0.5) is 0 Å². The lowest BCUT2D eigenvalue weighted by Gasteiger charge is -2.04. The Morgan fingerprint density at radius 1 is 1.00 bits per heavy atom. The summed E-state index contributed by atoms with van der Waals surface area (Å²) in [6, 6.07) is 16.2. The molecule has 21 heavy (non-hydrogen) atoms. The van der Waals surface area contributed by atoms with E-state index in [4.69, 9.17) is 5.26 Å². The number of nitrogens with zero attached hydrogens (tertiary/aromatic N) is 1. The van der Waals surface area contributed by atoms with E-state index in [2.05, 4.69) is 0 Å².